The fraction of sp³-hybridized carbons (Fsp3) is 0.458. The second-order valence-corrected chi connectivity index (χ2v) is 10.1. The molecule has 1 amide bonds. The van der Waals surface area contributed by atoms with Gasteiger partial charge in [-0.1, -0.05) is 25.3 Å². The number of carbonyl (C=O) groups is 3. The second kappa shape index (κ2) is 10.1. The van der Waals surface area contributed by atoms with Gasteiger partial charge >= 0.3 is 11.9 Å². The molecule has 0 aliphatic heterocycles. The van der Waals surface area contributed by atoms with Gasteiger partial charge in [-0.05, 0) is 31.9 Å². The van der Waals surface area contributed by atoms with Gasteiger partial charge in [0.05, 0.1) is 23.1 Å². The quantitative estimate of drug-likeness (QED) is 0.422. The lowest BCUT2D eigenvalue weighted by Gasteiger charge is -2.31. The Balaban J connectivity index is 1.68. The molecule has 0 spiro atoms. The summed E-state index contributed by atoms with van der Waals surface area (Å²) < 4.78 is 18.1. The van der Waals surface area contributed by atoms with Gasteiger partial charge in [0.25, 0.3) is 5.91 Å². The number of thiophene rings is 2. The average Bonchev–Trinajstić information content (AvgIpc) is 3.37. The van der Waals surface area contributed by atoms with Crippen LogP contribution in [0.2, 0.25) is 0 Å². The van der Waals surface area contributed by atoms with E-state index in [2.05, 4.69) is 0 Å². The Labute approximate surface area is 200 Å². The van der Waals surface area contributed by atoms with Gasteiger partial charge in [-0.2, -0.15) is 0 Å². The summed E-state index contributed by atoms with van der Waals surface area (Å²) in [6.45, 7) is 1.67. The third-order valence-electron chi connectivity index (χ3n) is 5.96. The van der Waals surface area contributed by atoms with Crippen LogP contribution in [0.25, 0.3) is 19.5 Å². The van der Waals surface area contributed by atoms with Gasteiger partial charge in [0, 0.05) is 28.7 Å². The molecule has 0 saturated heterocycles. The zero-order chi connectivity index (χ0) is 23.5. The van der Waals surface area contributed by atoms with E-state index in [-0.39, 0.29) is 19.1 Å². The molecule has 4 rings (SSSR count). The Kier molecular flexibility index (Phi) is 7.19. The van der Waals surface area contributed by atoms with Crippen LogP contribution in [0, 0.1) is 0 Å². The van der Waals surface area contributed by atoms with Crippen LogP contribution >= 0.6 is 22.7 Å². The molecule has 1 aliphatic rings. The van der Waals surface area contributed by atoms with Crippen LogP contribution in [-0.2, 0) is 14.3 Å². The lowest BCUT2D eigenvalue weighted by Crippen LogP contribution is -2.38. The molecule has 0 unspecified atom stereocenters. The van der Waals surface area contributed by atoms with Crippen molar-refractivity contribution in [2.45, 2.75) is 45.1 Å². The highest BCUT2D eigenvalue weighted by Crippen LogP contribution is 2.47. The Morgan fingerprint density at radius 3 is 2.55 bits per heavy atom. The first-order valence-electron chi connectivity index (χ1n) is 11.1. The summed E-state index contributed by atoms with van der Waals surface area (Å²) in [7, 11) is 3.20. The van der Waals surface area contributed by atoms with Crippen molar-refractivity contribution in [3.8, 4) is 5.75 Å². The predicted octanol–water partition coefficient (Wildman–Crippen LogP) is 5.25. The van der Waals surface area contributed by atoms with Crippen molar-refractivity contribution >= 4 is 60.0 Å². The van der Waals surface area contributed by atoms with Crippen molar-refractivity contribution in [2.75, 3.05) is 27.4 Å². The number of hydrogen-bond acceptors (Lipinski definition) is 8. The number of ether oxygens (including phenoxy) is 3. The highest BCUT2D eigenvalue weighted by molar-refractivity contribution is 7.34. The van der Waals surface area contributed by atoms with E-state index >= 15 is 0 Å². The molecule has 3 aromatic rings. The van der Waals surface area contributed by atoms with E-state index in [0.717, 1.165) is 32.3 Å². The van der Waals surface area contributed by atoms with Gasteiger partial charge in [-0.15, -0.1) is 22.7 Å². The molecule has 7 nitrogen and oxygen atoms in total. The Morgan fingerprint density at radius 2 is 1.85 bits per heavy atom. The summed E-state index contributed by atoms with van der Waals surface area (Å²) in [4.78, 5) is 39.4. The van der Waals surface area contributed by atoms with E-state index in [9.17, 15) is 14.4 Å². The fourth-order valence-corrected chi connectivity index (χ4v) is 6.86. The molecule has 0 atom stereocenters. The third kappa shape index (κ3) is 4.70. The summed E-state index contributed by atoms with van der Waals surface area (Å²) in [6, 6.07) is 5.95. The first kappa shape index (κ1) is 23.5. The molecular weight excluding hydrogens is 462 g/mol. The van der Waals surface area contributed by atoms with Crippen molar-refractivity contribution in [2.24, 2.45) is 0 Å². The van der Waals surface area contributed by atoms with Crippen LogP contribution in [0.5, 0.6) is 5.75 Å². The molecule has 0 radical (unpaired) electrons. The molecule has 2 aromatic heterocycles. The molecular formula is C24H27NO6S2. The number of fused-ring (bicyclic) bond motifs is 3. The maximum Gasteiger partial charge on any atom is 0.351 e. The van der Waals surface area contributed by atoms with Crippen LogP contribution in [0.3, 0.4) is 0 Å². The van der Waals surface area contributed by atoms with Crippen LogP contribution in [0.1, 0.15) is 59.1 Å². The lowest BCUT2D eigenvalue weighted by molar-refractivity contribution is -0.145. The largest absolute Gasteiger partial charge is 0.479 e. The standard InChI is InChI=1S/C24H27NO6S2/c1-4-30-18(26)13-31-19-21-20(33-22(19)24(28)29-3)16-11-10-14(12-17(16)32-21)23(27)25(2)15-8-6-5-7-9-15/h10-12,15H,4-9,13H2,1-3H3. The summed E-state index contributed by atoms with van der Waals surface area (Å²) in [5, 5.41) is 0.938. The molecule has 33 heavy (non-hydrogen) atoms. The molecule has 1 aliphatic carbocycles. The first-order chi connectivity index (χ1) is 15.9. The maximum absolute atomic E-state index is 13.1. The number of rotatable bonds is 7. The molecule has 1 fully saturated rings. The van der Waals surface area contributed by atoms with Crippen LogP contribution in [-0.4, -0.2) is 56.2 Å². The van der Waals surface area contributed by atoms with Crippen molar-refractivity contribution in [3.63, 3.8) is 0 Å². The summed E-state index contributed by atoms with van der Waals surface area (Å²) in [6.07, 6.45) is 5.68. The molecule has 1 aromatic carbocycles. The summed E-state index contributed by atoms with van der Waals surface area (Å²) in [5.74, 6) is -0.679. The van der Waals surface area contributed by atoms with Gasteiger partial charge < -0.3 is 19.1 Å². The van der Waals surface area contributed by atoms with Gasteiger partial charge in [0.15, 0.2) is 17.2 Å². The lowest BCUT2D eigenvalue weighted by atomic mass is 9.94. The number of nitrogens with zero attached hydrogens (tertiary/aromatic N) is 1. The zero-order valence-electron chi connectivity index (χ0n) is 19.0. The van der Waals surface area contributed by atoms with E-state index < -0.39 is 11.9 Å². The second-order valence-electron chi connectivity index (χ2n) is 8.02. The Morgan fingerprint density at radius 1 is 1.09 bits per heavy atom. The Hall–Kier alpha value is -2.65. The highest BCUT2D eigenvalue weighted by Gasteiger charge is 2.26. The van der Waals surface area contributed by atoms with Gasteiger partial charge in [0.1, 0.15) is 0 Å². The van der Waals surface area contributed by atoms with Crippen LogP contribution in [0.15, 0.2) is 18.2 Å². The predicted molar refractivity (Wildman–Crippen MR) is 130 cm³/mol. The highest BCUT2D eigenvalue weighted by atomic mass is 32.1. The SMILES string of the molecule is CCOC(=O)COc1c(C(=O)OC)sc2c1sc1cc(C(=O)N(C)C3CCCCC3)ccc12. The number of benzene rings is 1. The summed E-state index contributed by atoms with van der Waals surface area (Å²) in [5.41, 5.74) is 0.645. The molecule has 0 bridgehead atoms. The van der Waals surface area contributed by atoms with Crippen LogP contribution < -0.4 is 4.74 Å². The number of hydrogen-bond donors (Lipinski definition) is 0. The van der Waals surface area contributed by atoms with Crippen molar-refractivity contribution < 1.29 is 28.6 Å². The summed E-state index contributed by atoms with van der Waals surface area (Å²) >= 11 is 2.70. The zero-order valence-corrected chi connectivity index (χ0v) is 20.6. The van der Waals surface area contributed by atoms with Gasteiger partial charge in [-0.25, -0.2) is 9.59 Å². The fourth-order valence-electron chi connectivity index (χ4n) is 4.24. The van der Waals surface area contributed by atoms with Gasteiger partial charge in [-0.3, -0.25) is 4.79 Å². The van der Waals surface area contributed by atoms with Crippen LogP contribution in [0.4, 0.5) is 0 Å². The van der Waals surface area contributed by atoms with E-state index in [0.29, 0.717) is 22.2 Å². The number of methoxy groups -OCH3 is 1. The number of carbonyl (C=O) groups excluding carboxylic acids is 3. The molecule has 1 saturated carbocycles. The van der Waals surface area contributed by atoms with Crippen molar-refractivity contribution in [3.05, 3.63) is 28.6 Å². The Bertz CT molecular complexity index is 1190. The normalized spacial score (nSPS) is 14.4. The van der Waals surface area contributed by atoms with Gasteiger partial charge in [0.2, 0.25) is 0 Å². The average molecular weight is 490 g/mol. The minimum atomic E-state index is -0.517. The topological polar surface area (TPSA) is 82.1 Å². The number of esters is 2. The molecule has 2 heterocycles. The third-order valence-corrected chi connectivity index (χ3v) is 8.43. The molecule has 9 heteroatoms. The monoisotopic (exact) mass is 489 g/mol. The van der Waals surface area contributed by atoms with E-state index in [4.69, 9.17) is 14.2 Å². The van der Waals surface area contributed by atoms with E-state index in [1.54, 1.807) is 6.92 Å². The minimum Gasteiger partial charge on any atom is -0.479 e. The smallest absolute Gasteiger partial charge is 0.351 e. The molecule has 176 valence electrons. The van der Waals surface area contributed by atoms with E-state index in [1.165, 1.54) is 49.0 Å². The maximum atomic E-state index is 13.1. The van der Waals surface area contributed by atoms with E-state index in [1.807, 2.05) is 30.1 Å². The van der Waals surface area contributed by atoms with Crippen molar-refractivity contribution in [1.29, 1.82) is 0 Å². The first-order valence-corrected chi connectivity index (χ1v) is 12.7. The van der Waals surface area contributed by atoms with Crippen molar-refractivity contribution in [1.82, 2.24) is 4.90 Å². The minimum absolute atomic E-state index is 0.0228. The molecule has 0 N–H and O–H groups in total. The number of amides is 1.